The van der Waals surface area contributed by atoms with Gasteiger partial charge < -0.3 is 4.90 Å². The Bertz CT molecular complexity index is 540. The number of benzene rings is 1. The summed E-state index contributed by atoms with van der Waals surface area (Å²) in [5.74, 6) is 0.994. The van der Waals surface area contributed by atoms with Crippen molar-refractivity contribution in [1.82, 2.24) is 4.98 Å². The normalized spacial score (nSPS) is 10.4. The van der Waals surface area contributed by atoms with Crippen LogP contribution >= 0.6 is 27.5 Å². The first-order chi connectivity index (χ1) is 8.56. The number of anilines is 1. The quantitative estimate of drug-likeness (QED) is 0.829. The number of hydrogen-bond acceptors (Lipinski definition) is 2. The Morgan fingerprint density at radius 3 is 2.56 bits per heavy atom. The topological polar surface area (TPSA) is 16.1 Å². The van der Waals surface area contributed by atoms with Crippen LogP contribution in [-0.4, -0.2) is 12.0 Å². The summed E-state index contributed by atoms with van der Waals surface area (Å²) in [5, 5.41) is 0.763. The van der Waals surface area contributed by atoms with Crippen molar-refractivity contribution >= 4 is 33.3 Å². The zero-order chi connectivity index (χ0) is 13.1. The fourth-order valence-corrected chi connectivity index (χ4v) is 2.44. The lowest BCUT2D eigenvalue weighted by molar-refractivity contribution is 0.890. The van der Waals surface area contributed by atoms with E-state index in [0.717, 1.165) is 27.4 Å². The highest BCUT2D eigenvalue weighted by molar-refractivity contribution is 9.10. The maximum absolute atomic E-state index is 5.88. The molecule has 0 saturated carbocycles. The predicted molar refractivity (Wildman–Crippen MR) is 80.2 cm³/mol. The lowest BCUT2D eigenvalue weighted by Gasteiger charge is -2.20. The van der Waals surface area contributed by atoms with Crippen LogP contribution in [0.5, 0.6) is 0 Å². The highest BCUT2D eigenvalue weighted by Gasteiger charge is 2.07. The molecule has 0 aliphatic carbocycles. The van der Waals surface area contributed by atoms with Gasteiger partial charge in [0.1, 0.15) is 5.82 Å². The second kappa shape index (κ2) is 5.72. The molecular formula is C14H14BrClN2. The molecule has 0 N–H and O–H groups in total. The molecule has 0 unspecified atom stereocenters. The van der Waals surface area contributed by atoms with Crippen LogP contribution in [0.15, 0.2) is 41.0 Å². The Morgan fingerprint density at radius 1 is 1.28 bits per heavy atom. The Labute approximate surface area is 121 Å². The van der Waals surface area contributed by atoms with Gasteiger partial charge in [0.15, 0.2) is 0 Å². The predicted octanol–water partition coefficient (Wildman–Crippen LogP) is 4.44. The summed E-state index contributed by atoms with van der Waals surface area (Å²) in [7, 11) is 2.04. The molecule has 94 valence electrons. The van der Waals surface area contributed by atoms with Gasteiger partial charge in [-0.25, -0.2) is 4.98 Å². The molecule has 0 saturated heterocycles. The number of aryl methyl sites for hydroxylation is 1. The first-order valence-electron chi connectivity index (χ1n) is 5.64. The van der Waals surface area contributed by atoms with Gasteiger partial charge in [0.05, 0.1) is 0 Å². The van der Waals surface area contributed by atoms with Crippen molar-refractivity contribution in [3.63, 3.8) is 0 Å². The second-order valence-corrected chi connectivity index (χ2v) is 5.63. The molecule has 18 heavy (non-hydrogen) atoms. The molecule has 1 aromatic carbocycles. The Kier molecular flexibility index (Phi) is 4.25. The van der Waals surface area contributed by atoms with Gasteiger partial charge in [-0.05, 0) is 52.2 Å². The molecule has 0 bridgehead atoms. The maximum atomic E-state index is 5.88. The van der Waals surface area contributed by atoms with Crippen molar-refractivity contribution in [3.8, 4) is 0 Å². The third kappa shape index (κ3) is 3.24. The molecule has 2 aromatic rings. The molecule has 2 nitrogen and oxygen atoms in total. The molecule has 0 fully saturated rings. The van der Waals surface area contributed by atoms with Gasteiger partial charge in [-0.15, -0.1) is 0 Å². The van der Waals surface area contributed by atoms with Crippen LogP contribution in [-0.2, 0) is 6.54 Å². The van der Waals surface area contributed by atoms with Crippen molar-refractivity contribution in [2.45, 2.75) is 13.5 Å². The number of pyridine rings is 1. The van der Waals surface area contributed by atoms with Gasteiger partial charge in [0.25, 0.3) is 0 Å². The smallest absolute Gasteiger partial charge is 0.131 e. The van der Waals surface area contributed by atoms with E-state index in [1.54, 1.807) is 0 Å². The lowest BCUT2D eigenvalue weighted by Crippen LogP contribution is -2.18. The van der Waals surface area contributed by atoms with E-state index in [2.05, 4.69) is 38.8 Å². The van der Waals surface area contributed by atoms with Crippen LogP contribution in [0.3, 0.4) is 0 Å². The second-order valence-electron chi connectivity index (χ2n) is 4.28. The number of hydrogen-bond donors (Lipinski definition) is 0. The molecular weight excluding hydrogens is 312 g/mol. The van der Waals surface area contributed by atoms with Gasteiger partial charge in [-0.2, -0.15) is 0 Å². The molecule has 1 heterocycles. The van der Waals surface area contributed by atoms with Crippen LogP contribution in [0.1, 0.15) is 11.1 Å². The molecule has 0 aliphatic heterocycles. The minimum atomic E-state index is 0.763. The number of rotatable bonds is 3. The van der Waals surface area contributed by atoms with Gasteiger partial charge in [-0.3, -0.25) is 0 Å². The fourth-order valence-electron chi connectivity index (χ4n) is 1.87. The zero-order valence-electron chi connectivity index (χ0n) is 10.3. The minimum Gasteiger partial charge on any atom is -0.355 e. The van der Waals surface area contributed by atoms with Crippen LogP contribution in [0.25, 0.3) is 0 Å². The number of nitrogens with zero attached hydrogens (tertiary/aromatic N) is 2. The van der Waals surface area contributed by atoms with Crippen LogP contribution < -0.4 is 4.90 Å². The van der Waals surface area contributed by atoms with Crippen molar-refractivity contribution in [1.29, 1.82) is 0 Å². The van der Waals surface area contributed by atoms with Crippen molar-refractivity contribution in [2.24, 2.45) is 0 Å². The summed E-state index contributed by atoms with van der Waals surface area (Å²) in [6, 6.07) is 9.96. The van der Waals surface area contributed by atoms with Gasteiger partial charge in [0, 0.05) is 29.3 Å². The summed E-state index contributed by atoms with van der Waals surface area (Å²) < 4.78 is 1.00. The van der Waals surface area contributed by atoms with E-state index in [0.29, 0.717) is 0 Å². The highest BCUT2D eigenvalue weighted by Crippen LogP contribution is 2.21. The summed E-state index contributed by atoms with van der Waals surface area (Å²) in [6.07, 6.45) is 1.82. The molecule has 2 rings (SSSR count). The summed E-state index contributed by atoms with van der Waals surface area (Å²) >= 11 is 9.30. The van der Waals surface area contributed by atoms with Crippen LogP contribution in [0.4, 0.5) is 5.82 Å². The van der Waals surface area contributed by atoms with Crippen LogP contribution in [0.2, 0.25) is 5.02 Å². The third-order valence-electron chi connectivity index (χ3n) is 2.71. The van der Waals surface area contributed by atoms with E-state index in [-0.39, 0.29) is 0 Å². The lowest BCUT2D eigenvalue weighted by atomic mass is 10.2. The third-order valence-corrected chi connectivity index (χ3v) is 3.40. The largest absolute Gasteiger partial charge is 0.355 e. The Balaban J connectivity index is 2.16. The molecule has 1 aromatic heterocycles. The zero-order valence-corrected chi connectivity index (χ0v) is 12.7. The van der Waals surface area contributed by atoms with E-state index in [1.165, 1.54) is 5.56 Å². The van der Waals surface area contributed by atoms with Gasteiger partial charge >= 0.3 is 0 Å². The van der Waals surface area contributed by atoms with Gasteiger partial charge in [-0.1, -0.05) is 23.7 Å². The van der Waals surface area contributed by atoms with E-state index in [1.807, 2.05) is 37.5 Å². The average Bonchev–Trinajstić information content (AvgIpc) is 2.32. The van der Waals surface area contributed by atoms with E-state index in [9.17, 15) is 0 Å². The van der Waals surface area contributed by atoms with E-state index >= 15 is 0 Å². The first-order valence-corrected chi connectivity index (χ1v) is 6.81. The van der Waals surface area contributed by atoms with E-state index in [4.69, 9.17) is 11.6 Å². The van der Waals surface area contributed by atoms with Crippen molar-refractivity contribution in [2.75, 3.05) is 11.9 Å². The molecule has 0 atom stereocenters. The summed E-state index contributed by atoms with van der Waals surface area (Å²) in [5.41, 5.74) is 2.37. The van der Waals surface area contributed by atoms with Crippen molar-refractivity contribution < 1.29 is 0 Å². The number of halogens is 2. The van der Waals surface area contributed by atoms with Crippen molar-refractivity contribution in [3.05, 3.63) is 57.2 Å². The molecule has 0 aliphatic rings. The SMILES string of the molecule is Cc1cc(Br)cnc1N(C)Cc1ccc(Cl)cc1. The summed E-state index contributed by atoms with van der Waals surface area (Å²) in [4.78, 5) is 6.57. The molecule has 0 amide bonds. The first kappa shape index (κ1) is 13.4. The highest BCUT2D eigenvalue weighted by atomic mass is 79.9. The Morgan fingerprint density at radius 2 is 1.94 bits per heavy atom. The van der Waals surface area contributed by atoms with Gasteiger partial charge in [0.2, 0.25) is 0 Å². The Hall–Kier alpha value is -1.06. The maximum Gasteiger partial charge on any atom is 0.131 e. The van der Waals surface area contributed by atoms with E-state index < -0.39 is 0 Å². The fraction of sp³-hybridized carbons (Fsp3) is 0.214. The minimum absolute atomic E-state index is 0.763. The standard InChI is InChI=1S/C14H14BrClN2/c1-10-7-12(15)8-17-14(10)18(2)9-11-3-5-13(16)6-4-11/h3-8H,9H2,1-2H3. The summed E-state index contributed by atoms with van der Waals surface area (Å²) in [6.45, 7) is 2.87. The molecule has 0 radical (unpaired) electrons. The van der Waals surface area contributed by atoms with Crippen LogP contribution in [0, 0.1) is 6.92 Å². The number of aromatic nitrogens is 1. The molecule has 4 heteroatoms. The average molecular weight is 326 g/mol. The molecule has 0 spiro atoms. The monoisotopic (exact) mass is 324 g/mol.